The second-order valence-electron chi connectivity index (χ2n) is 5.43. The number of hydrogen-bond donors (Lipinski definition) is 1. The number of nitrogens with zero attached hydrogens (tertiary/aromatic N) is 1. The van der Waals surface area contributed by atoms with Crippen molar-refractivity contribution in [1.29, 1.82) is 0 Å². The fourth-order valence-electron chi connectivity index (χ4n) is 2.70. The Kier molecular flexibility index (Phi) is 4.08. The van der Waals surface area contributed by atoms with Crippen molar-refractivity contribution in [3.05, 3.63) is 53.6 Å². The van der Waals surface area contributed by atoms with Gasteiger partial charge in [0.05, 0.1) is 31.0 Å². The molecule has 122 valence electrons. The van der Waals surface area contributed by atoms with E-state index in [-0.39, 0.29) is 5.56 Å². The largest absolute Gasteiger partial charge is 0.497 e. The van der Waals surface area contributed by atoms with Crippen LogP contribution in [-0.2, 0) is 0 Å². The van der Waals surface area contributed by atoms with Crippen LogP contribution < -0.4 is 9.47 Å². The van der Waals surface area contributed by atoms with Crippen molar-refractivity contribution in [3.63, 3.8) is 0 Å². The Balaban J connectivity index is 2.24. The molecule has 24 heavy (non-hydrogen) atoms. The SMILES string of the molecule is COc1ccc2c(C(=O)O)cc(-c3ccc(OC)c(C)c3)nc2c1. The van der Waals surface area contributed by atoms with E-state index in [4.69, 9.17) is 9.47 Å². The van der Waals surface area contributed by atoms with Crippen molar-refractivity contribution >= 4 is 16.9 Å². The molecule has 1 aromatic heterocycles. The minimum atomic E-state index is -0.987. The minimum Gasteiger partial charge on any atom is -0.497 e. The predicted octanol–water partition coefficient (Wildman–Crippen LogP) is 3.93. The number of carboxylic acids is 1. The Bertz CT molecular complexity index is 934. The summed E-state index contributed by atoms with van der Waals surface area (Å²) < 4.78 is 10.5. The van der Waals surface area contributed by atoms with Crippen LogP contribution in [0.5, 0.6) is 11.5 Å². The van der Waals surface area contributed by atoms with E-state index < -0.39 is 5.97 Å². The third-order valence-electron chi connectivity index (χ3n) is 3.94. The van der Waals surface area contributed by atoms with E-state index in [1.807, 2.05) is 25.1 Å². The van der Waals surface area contributed by atoms with Gasteiger partial charge in [-0.15, -0.1) is 0 Å². The van der Waals surface area contributed by atoms with E-state index in [0.29, 0.717) is 22.3 Å². The summed E-state index contributed by atoms with van der Waals surface area (Å²) in [4.78, 5) is 16.3. The molecule has 0 atom stereocenters. The van der Waals surface area contributed by atoms with E-state index >= 15 is 0 Å². The van der Waals surface area contributed by atoms with E-state index in [0.717, 1.165) is 16.9 Å². The van der Waals surface area contributed by atoms with E-state index in [9.17, 15) is 9.90 Å². The van der Waals surface area contributed by atoms with Crippen molar-refractivity contribution < 1.29 is 19.4 Å². The number of fused-ring (bicyclic) bond motifs is 1. The third-order valence-corrected chi connectivity index (χ3v) is 3.94. The van der Waals surface area contributed by atoms with Gasteiger partial charge in [-0.3, -0.25) is 0 Å². The van der Waals surface area contributed by atoms with Crippen LogP contribution in [0.15, 0.2) is 42.5 Å². The fourth-order valence-corrected chi connectivity index (χ4v) is 2.70. The molecule has 0 fully saturated rings. The standard InChI is InChI=1S/C19H17NO4/c1-11-8-12(4-7-18(11)24-3)16-10-15(19(21)22)14-6-5-13(23-2)9-17(14)20-16/h4-10H,1-3H3,(H,21,22). The molecule has 0 saturated carbocycles. The van der Waals surface area contributed by atoms with Crippen molar-refractivity contribution in [2.45, 2.75) is 6.92 Å². The van der Waals surface area contributed by atoms with Gasteiger partial charge in [-0.1, -0.05) is 0 Å². The Morgan fingerprint density at radius 2 is 1.83 bits per heavy atom. The normalized spacial score (nSPS) is 10.6. The van der Waals surface area contributed by atoms with Crippen molar-refractivity contribution in [2.75, 3.05) is 14.2 Å². The number of aryl methyl sites for hydroxylation is 1. The van der Waals surface area contributed by atoms with Crippen LogP contribution in [0.25, 0.3) is 22.2 Å². The van der Waals surface area contributed by atoms with Gasteiger partial charge in [0.15, 0.2) is 0 Å². The Labute approximate surface area is 139 Å². The summed E-state index contributed by atoms with van der Waals surface area (Å²) >= 11 is 0. The molecule has 0 radical (unpaired) electrons. The molecule has 0 spiro atoms. The van der Waals surface area contributed by atoms with Crippen LogP contribution >= 0.6 is 0 Å². The zero-order valence-electron chi connectivity index (χ0n) is 13.7. The molecule has 0 aliphatic rings. The van der Waals surface area contributed by atoms with Crippen molar-refractivity contribution in [1.82, 2.24) is 4.98 Å². The van der Waals surface area contributed by atoms with Crippen molar-refractivity contribution in [2.24, 2.45) is 0 Å². The first-order chi connectivity index (χ1) is 11.5. The molecular weight excluding hydrogens is 306 g/mol. The van der Waals surface area contributed by atoms with Crippen LogP contribution in [0.2, 0.25) is 0 Å². The summed E-state index contributed by atoms with van der Waals surface area (Å²) in [5.74, 6) is 0.424. The second kappa shape index (κ2) is 6.20. The van der Waals surface area contributed by atoms with Crippen LogP contribution in [-0.4, -0.2) is 30.3 Å². The first kappa shape index (κ1) is 15.8. The third kappa shape index (κ3) is 2.76. The number of benzene rings is 2. The molecule has 0 unspecified atom stereocenters. The molecule has 5 heteroatoms. The highest BCUT2D eigenvalue weighted by atomic mass is 16.5. The van der Waals surface area contributed by atoms with Crippen LogP contribution in [0, 0.1) is 6.92 Å². The number of rotatable bonds is 4. The average molecular weight is 323 g/mol. The molecule has 0 amide bonds. The summed E-state index contributed by atoms with van der Waals surface area (Å²) in [6.07, 6.45) is 0. The van der Waals surface area contributed by atoms with Gasteiger partial charge in [0, 0.05) is 17.0 Å². The van der Waals surface area contributed by atoms with Crippen LogP contribution in [0.4, 0.5) is 0 Å². The highest BCUT2D eigenvalue weighted by Gasteiger charge is 2.14. The van der Waals surface area contributed by atoms with Crippen molar-refractivity contribution in [3.8, 4) is 22.8 Å². The Hall–Kier alpha value is -3.08. The van der Waals surface area contributed by atoms with Gasteiger partial charge in [0.1, 0.15) is 11.5 Å². The molecule has 0 saturated heterocycles. The second-order valence-corrected chi connectivity index (χ2v) is 5.43. The molecule has 1 heterocycles. The van der Waals surface area contributed by atoms with Gasteiger partial charge in [-0.2, -0.15) is 0 Å². The monoisotopic (exact) mass is 323 g/mol. The molecule has 0 bridgehead atoms. The first-order valence-corrected chi connectivity index (χ1v) is 7.40. The molecule has 0 aliphatic carbocycles. The number of aromatic nitrogens is 1. The number of carboxylic acid groups (broad SMARTS) is 1. The summed E-state index contributed by atoms with van der Waals surface area (Å²) in [5.41, 5.74) is 3.18. The molecule has 2 aromatic carbocycles. The molecule has 5 nitrogen and oxygen atoms in total. The predicted molar refractivity (Wildman–Crippen MR) is 92.0 cm³/mol. The number of methoxy groups -OCH3 is 2. The summed E-state index contributed by atoms with van der Waals surface area (Å²) in [5, 5.41) is 10.1. The highest BCUT2D eigenvalue weighted by molar-refractivity contribution is 6.04. The van der Waals surface area contributed by atoms with Gasteiger partial charge in [0.2, 0.25) is 0 Å². The molecule has 3 rings (SSSR count). The highest BCUT2D eigenvalue weighted by Crippen LogP contribution is 2.30. The lowest BCUT2D eigenvalue weighted by Crippen LogP contribution is -2.01. The number of hydrogen-bond acceptors (Lipinski definition) is 4. The van der Waals surface area contributed by atoms with Crippen LogP contribution in [0.1, 0.15) is 15.9 Å². The topological polar surface area (TPSA) is 68.7 Å². The lowest BCUT2D eigenvalue weighted by molar-refractivity contribution is 0.0699. The molecular formula is C19H17NO4. The summed E-state index contributed by atoms with van der Waals surface area (Å²) in [7, 11) is 3.18. The van der Waals surface area contributed by atoms with Gasteiger partial charge in [0.25, 0.3) is 0 Å². The zero-order valence-corrected chi connectivity index (χ0v) is 13.7. The number of ether oxygens (including phenoxy) is 2. The van der Waals surface area contributed by atoms with Crippen LogP contribution in [0.3, 0.4) is 0 Å². The van der Waals surface area contributed by atoms with Gasteiger partial charge >= 0.3 is 5.97 Å². The maximum Gasteiger partial charge on any atom is 0.336 e. The fraction of sp³-hybridized carbons (Fsp3) is 0.158. The molecule has 1 N–H and O–H groups in total. The van der Waals surface area contributed by atoms with Gasteiger partial charge in [-0.05, 0) is 48.9 Å². The summed E-state index contributed by atoms with van der Waals surface area (Å²) in [6, 6.07) is 12.4. The number of aromatic carboxylic acids is 1. The van der Waals surface area contributed by atoms with E-state index in [2.05, 4.69) is 4.98 Å². The minimum absolute atomic E-state index is 0.214. The molecule has 0 aliphatic heterocycles. The van der Waals surface area contributed by atoms with Gasteiger partial charge < -0.3 is 14.6 Å². The Morgan fingerprint density at radius 3 is 2.46 bits per heavy atom. The first-order valence-electron chi connectivity index (χ1n) is 7.40. The van der Waals surface area contributed by atoms with Gasteiger partial charge in [-0.25, -0.2) is 9.78 Å². The number of carbonyl (C=O) groups is 1. The maximum absolute atomic E-state index is 11.6. The Morgan fingerprint density at radius 1 is 1.04 bits per heavy atom. The zero-order chi connectivity index (χ0) is 17.3. The molecule has 3 aromatic rings. The smallest absolute Gasteiger partial charge is 0.336 e. The average Bonchev–Trinajstić information content (AvgIpc) is 2.59. The maximum atomic E-state index is 11.6. The number of pyridine rings is 1. The lowest BCUT2D eigenvalue weighted by Gasteiger charge is -2.10. The van der Waals surface area contributed by atoms with E-state index in [1.165, 1.54) is 0 Å². The quantitative estimate of drug-likeness (QED) is 0.788. The summed E-state index contributed by atoms with van der Waals surface area (Å²) in [6.45, 7) is 1.94. The lowest BCUT2D eigenvalue weighted by atomic mass is 10.0. The van der Waals surface area contributed by atoms with E-state index in [1.54, 1.807) is 38.5 Å².